The maximum Gasteiger partial charge on any atom is 0.228 e. The summed E-state index contributed by atoms with van der Waals surface area (Å²) in [4.78, 5) is 14.7. The van der Waals surface area contributed by atoms with Gasteiger partial charge in [-0.1, -0.05) is 51.1 Å². The number of benzene rings is 1. The van der Waals surface area contributed by atoms with E-state index in [0.717, 1.165) is 12.0 Å². The van der Waals surface area contributed by atoms with Gasteiger partial charge in [0.2, 0.25) is 5.91 Å². The molecular weight excluding hydrogens is 238 g/mol. The lowest BCUT2D eigenvalue weighted by atomic mass is 9.87. The lowest BCUT2D eigenvalue weighted by molar-refractivity contribution is -0.149. The van der Waals surface area contributed by atoms with Crippen molar-refractivity contribution in [3.63, 3.8) is 0 Å². The average Bonchev–Trinajstić information content (AvgIpc) is 2.47. The second kappa shape index (κ2) is 5.74. The monoisotopic (exact) mass is 261 g/mol. The summed E-state index contributed by atoms with van der Waals surface area (Å²) >= 11 is 0. The molecule has 104 valence electrons. The minimum Gasteiger partial charge on any atom is -0.377 e. The van der Waals surface area contributed by atoms with Crippen molar-refractivity contribution < 1.29 is 9.53 Å². The molecule has 0 aliphatic carbocycles. The van der Waals surface area contributed by atoms with E-state index in [-0.39, 0.29) is 17.4 Å². The summed E-state index contributed by atoms with van der Waals surface area (Å²) in [7, 11) is 0. The van der Waals surface area contributed by atoms with Crippen molar-refractivity contribution in [3.05, 3.63) is 35.9 Å². The smallest absolute Gasteiger partial charge is 0.228 e. The Morgan fingerprint density at radius 3 is 2.68 bits per heavy atom. The molecule has 1 saturated heterocycles. The number of ether oxygens (including phenoxy) is 1. The van der Waals surface area contributed by atoms with Crippen molar-refractivity contribution in [2.75, 3.05) is 19.8 Å². The van der Waals surface area contributed by atoms with Crippen LogP contribution >= 0.6 is 0 Å². The predicted octanol–water partition coefficient (Wildman–Crippen LogP) is 3.02. The Labute approximate surface area is 115 Å². The summed E-state index contributed by atoms with van der Waals surface area (Å²) in [6, 6.07) is 10.2. The van der Waals surface area contributed by atoms with Crippen molar-refractivity contribution in [1.82, 2.24) is 4.90 Å². The number of nitrogens with zero attached hydrogens (tertiary/aromatic N) is 1. The molecule has 19 heavy (non-hydrogen) atoms. The first-order valence-electron chi connectivity index (χ1n) is 7.00. The zero-order valence-corrected chi connectivity index (χ0v) is 12.1. The van der Waals surface area contributed by atoms with E-state index in [0.29, 0.717) is 19.8 Å². The van der Waals surface area contributed by atoms with Gasteiger partial charge in [0, 0.05) is 12.0 Å². The number of amides is 1. The Morgan fingerprint density at radius 2 is 2.05 bits per heavy atom. The first-order chi connectivity index (χ1) is 9.06. The van der Waals surface area contributed by atoms with Crippen LogP contribution in [0.4, 0.5) is 0 Å². The fraction of sp³-hybridized carbons (Fsp3) is 0.562. The van der Waals surface area contributed by atoms with Gasteiger partial charge in [0.05, 0.1) is 19.3 Å². The van der Waals surface area contributed by atoms with Crippen LogP contribution in [0, 0.1) is 5.41 Å². The minimum atomic E-state index is -0.301. The van der Waals surface area contributed by atoms with Crippen LogP contribution in [0.3, 0.4) is 0 Å². The third-order valence-electron chi connectivity index (χ3n) is 4.04. The summed E-state index contributed by atoms with van der Waals surface area (Å²) in [5.74, 6) is 0.229. The van der Waals surface area contributed by atoms with Crippen LogP contribution in [0.25, 0.3) is 0 Å². The molecule has 1 atom stereocenters. The quantitative estimate of drug-likeness (QED) is 0.837. The van der Waals surface area contributed by atoms with Crippen LogP contribution in [0.15, 0.2) is 30.3 Å². The molecule has 3 nitrogen and oxygen atoms in total. The Kier molecular flexibility index (Phi) is 4.25. The fourth-order valence-corrected chi connectivity index (χ4v) is 2.34. The molecule has 1 aromatic carbocycles. The highest BCUT2D eigenvalue weighted by Crippen LogP contribution is 2.31. The van der Waals surface area contributed by atoms with E-state index in [9.17, 15) is 4.79 Å². The van der Waals surface area contributed by atoms with E-state index >= 15 is 0 Å². The van der Waals surface area contributed by atoms with E-state index in [1.54, 1.807) is 0 Å². The van der Waals surface area contributed by atoms with Gasteiger partial charge in [-0.2, -0.15) is 0 Å². The van der Waals surface area contributed by atoms with E-state index in [2.05, 4.69) is 19.1 Å². The van der Waals surface area contributed by atoms with Crippen molar-refractivity contribution in [2.45, 2.75) is 33.2 Å². The normalized spacial score (nSPS) is 20.4. The number of rotatable bonds is 3. The fourth-order valence-electron chi connectivity index (χ4n) is 2.34. The summed E-state index contributed by atoms with van der Waals surface area (Å²) in [6.45, 7) is 8.02. The standard InChI is InChI=1S/C16H23NO2/c1-4-16(2,3)15(18)17-10-11-19-12-14(17)13-8-6-5-7-9-13/h5-9,14H,4,10-12H2,1-3H3. The topological polar surface area (TPSA) is 29.5 Å². The number of hydrogen-bond donors (Lipinski definition) is 0. The third kappa shape index (κ3) is 2.98. The van der Waals surface area contributed by atoms with Gasteiger partial charge in [-0.05, 0) is 12.0 Å². The van der Waals surface area contributed by atoms with Crippen molar-refractivity contribution in [3.8, 4) is 0 Å². The number of carbonyl (C=O) groups excluding carboxylic acids is 1. The summed E-state index contributed by atoms with van der Waals surface area (Å²) < 4.78 is 5.57. The molecule has 1 amide bonds. The van der Waals surface area contributed by atoms with Crippen molar-refractivity contribution in [1.29, 1.82) is 0 Å². The van der Waals surface area contributed by atoms with E-state index in [1.165, 1.54) is 0 Å². The molecule has 0 aromatic heterocycles. The zero-order valence-electron chi connectivity index (χ0n) is 12.1. The van der Waals surface area contributed by atoms with Gasteiger partial charge in [-0.25, -0.2) is 0 Å². The molecule has 1 fully saturated rings. The number of hydrogen-bond acceptors (Lipinski definition) is 2. The number of carbonyl (C=O) groups is 1. The first kappa shape index (κ1) is 14.1. The molecule has 1 aliphatic rings. The van der Waals surface area contributed by atoms with Gasteiger partial charge in [0.1, 0.15) is 0 Å². The highest BCUT2D eigenvalue weighted by Gasteiger charge is 2.36. The van der Waals surface area contributed by atoms with E-state index < -0.39 is 0 Å². The van der Waals surface area contributed by atoms with Crippen LogP contribution in [0.2, 0.25) is 0 Å². The zero-order chi connectivity index (χ0) is 13.9. The molecule has 0 spiro atoms. The summed E-state index contributed by atoms with van der Waals surface area (Å²) in [5, 5.41) is 0. The molecule has 0 bridgehead atoms. The van der Waals surface area contributed by atoms with E-state index in [1.807, 2.05) is 36.9 Å². The molecule has 1 aliphatic heterocycles. The average molecular weight is 261 g/mol. The van der Waals surface area contributed by atoms with Crippen LogP contribution in [0.5, 0.6) is 0 Å². The molecule has 3 heteroatoms. The van der Waals surface area contributed by atoms with Gasteiger partial charge < -0.3 is 9.64 Å². The molecular formula is C16H23NO2. The molecule has 0 N–H and O–H groups in total. The van der Waals surface area contributed by atoms with Crippen LogP contribution < -0.4 is 0 Å². The Balaban J connectivity index is 2.24. The highest BCUT2D eigenvalue weighted by atomic mass is 16.5. The maximum absolute atomic E-state index is 12.7. The van der Waals surface area contributed by atoms with Crippen LogP contribution in [-0.2, 0) is 9.53 Å². The molecule has 1 unspecified atom stereocenters. The highest BCUT2D eigenvalue weighted by molar-refractivity contribution is 5.82. The molecule has 1 heterocycles. The SMILES string of the molecule is CCC(C)(C)C(=O)N1CCOCC1c1ccccc1. The molecule has 0 radical (unpaired) electrons. The largest absolute Gasteiger partial charge is 0.377 e. The predicted molar refractivity (Wildman–Crippen MR) is 75.8 cm³/mol. The summed E-state index contributed by atoms with van der Waals surface area (Å²) in [5.41, 5.74) is 0.854. The molecule has 2 rings (SSSR count). The molecule has 0 saturated carbocycles. The van der Waals surface area contributed by atoms with Gasteiger partial charge in [0.15, 0.2) is 0 Å². The minimum absolute atomic E-state index is 0.0493. The Hall–Kier alpha value is -1.35. The Bertz CT molecular complexity index is 428. The van der Waals surface area contributed by atoms with Crippen LogP contribution in [0.1, 0.15) is 38.8 Å². The summed E-state index contributed by atoms with van der Waals surface area (Å²) in [6.07, 6.45) is 0.852. The Morgan fingerprint density at radius 1 is 1.37 bits per heavy atom. The van der Waals surface area contributed by atoms with Crippen LogP contribution in [-0.4, -0.2) is 30.6 Å². The third-order valence-corrected chi connectivity index (χ3v) is 4.04. The lowest BCUT2D eigenvalue weighted by Crippen LogP contribution is -2.48. The second-order valence-electron chi connectivity index (χ2n) is 5.74. The second-order valence-corrected chi connectivity index (χ2v) is 5.74. The molecule has 1 aromatic rings. The van der Waals surface area contributed by atoms with Crippen molar-refractivity contribution in [2.24, 2.45) is 5.41 Å². The lowest BCUT2D eigenvalue weighted by Gasteiger charge is -2.40. The van der Waals surface area contributed by atoms with Gasteiger partial charge >= 0.3 is 0 Å². The van der Waals surface area contributed by atoms with Gasteiger partial charge in [-0.3, -0.25) is 4.79 Å². The van der Waals surface area contributed by atoms with E-state index in [4.69, 9.17) is 4.74 Å². The van der Waals surface area contributed by atoms with Gasteiger partial charge in [0.25, 0.3) is 0 Å². The van der Waals surface area contributed by atoms with Gasteiger partial charge in [-0.15, -0.1) is 0 Å². The first-order valence-corrected chi connectivity index (χ1v) is 7.00. The number of morpholine rings is 1. The van der Waals surface area contributed by atoms with Crippen molar-refractivity contribution >= 4 is 5.91 Å². The maximum atomic E-state index is 12.7.